The lowest BCUT2D eigenvalue weighted by Crippen LogP contribution is -2.26. The Hall–Kier alpha value is -1.57. The molecule has 0 aromatic carbocycles. The predicted molar refractivity (Wildman–Crippen MR) is 88.5 cm³/mol. The molecule has 0 amide bonds. The molecule has 0 saturated heterocycles. The van der Waals surface area contributed by atoms with E-state index in [1.807, 2.05) is 6.92 Å². The fourth-order valence-corrected chi connectivity index (χ4v) is 4.09. The number of hydrogen-bond acceptors (Lipinski definition) is 6. The van der Waals surface area contributed by atoms with Gasteiger partial charge in [-0.1, -0.05) is 17.4 Å². The van der Waals surface area contributed by atoms with Crippen LogP contribution in [-0.4, -0.2) is 25.5 Å². The van der Waals surface area contributed by atoms with E-state index in [1.165, 1.54) is 33.6 Å². The number of fused-ring (bicyclic) bond motifs is 1. The van der Waals surface area contributed by atoms with E-state index in [0.29, 0.717) is 11.0 Å². The smallest absolute Gasteiger partial charge is 0.275 e. The summed E-state index contributed by atoms with van der Waals surface area (Å²) in [7, 11) is 0. The highest BCUT2D eigenvalue weighted by molar-refractivity contribution is 7.16. The molecule has 0 atom stereocenters. The Kier molecular flexibility index (Phi) is 3.56. The molecule has 0 spiro atoms. The van der Waals surface area contributed by atoms with Crippen molar-refractivity contribution < 1.29 is 0 Å². The van der Waals surface area contributed by atoms with Crippen molar-refractivity contribution in [1.29, 1.82) is 0 Å². The van der Waals surface area contributed by atoms with Gasteiger partial charge in [-0.2, -0.15) is 9.61 Å². The minimum absolute atomic E-state index is 0.0868. The quantitative estimate of drug-likeness (QED) is 0.721. The number of aryl methyl sites for hydroxylation is 1. The first-order valence-electron chi connectivity index (χ1n) is 7.32. The van der Waals surface area contributed by atoms with Crippen LogP contribution in [0.3, 0.4) is 0 Å². The van der Waals surface area contributed by atoms with Crippen LogP contribution >= 0.6 is 22.7 Å². The molecule has 3 heterocycles. The van der Waals surface area contributed by atoms with Crippen LogP contribution in [0.15, 0.2) is 28.4 Å². The minimum Gasteiger partial charge on any atom is -0.289 e. The SMILES string of the molecule is Cc1nn2c(=O)cc(CN(Cc3cccs3)C3CC3)nc2s1. The molecule has 1 fully saturated rings. The summed E-state index contributed by atoms with van der Waals surface area (Å²) >= 11 is 3.24. The molecule has 0 radical (unpaired) electrons. The lowest BCUT2D eigenvalue weighted by molar-refractivity contribution is 0.245. The maximum atomic E-state index is 12.1. The highest BCUT2D eigenvalue weighted by atomic mass is 32.1. The van der Waals surface area contributed by atoms with Crippen molar-refractivity contribution in [3.8, 4) is 0 Å². The molecule has 5 nitrogen and oxygen atoms in total. The summed E-state index contributed by atoms with van der Waals surface area (Å²) in [5.41, 5.74) is 0.758. The summed E-state index contributed by atoms with van der Waals surface area (Å²) < 4.78 is 1.39. The Morgan fingerprint density at radius 3 is 3.00 bits per heavy atom. The number of nitrogens with zero attached hydrogens (tertiary/aromatic N) is 4. The fraction of sp³-hybridized carbons (Fsp3) is 0.400. The molecular formula is C15H16N4OS2. The molecule has 0 aliphatic heterocycles. The largest absolute Gasteiger partial charge is 0.289 e. The second-order valence-electron chi connectivity index (χ2n) is 5.62. The van der Waals surface area contributed by atoms with Crippen molar-refractivity contribution in [1.82, 2.24) is 19.5 Å². The van der Waals surface area contributed by atoms with Crippen molar-refractivity contribution in [3.63, 3.8) is 0 Å². The highest BCUT2D eigenvalue weighted by Crippen LogP contribution is 2.30. The van der Waals surface area contributed by atoms with Crippen molar-refractivity contribution in [2.45, 2.75) is 38.9 Å². The van der Waals surface area contributed by atoms with Crippen molar-refractivity contribution >= 4 is 27.6 Å². The Balaban J connectivity index is 1.61. The second-order valence-corrected chi connectivity index (χ2v) is 7.81. The second kappa shape index (κ2) is 5.57. The van der Waals surface area contributed by atoms with Gasteiger partial charge < -0.3 is 0 Å². The summed E-state index contributed by atoms with van der Waals surface area (Å²) in [5, 5.41) is 7.16. The number of thiophene rings is 1. The summed E-state index contributed by atoms with van der Waals surface area (Å²) in [5.74, 6) is 0. The predicted octanol–water partition coefficient (Wildman–Crippen LogP) is 2.69. The summed E-state index contributed by atoms with van der Waals surface area (Å²) in [6.07, 6.45) is 2.48. The zero-order chi connectivity index (χ0) is 15.1. The molecule has 3 aromatic heterocycles. The van der Waals surface area contributed by atoms with E-state index in [1.54, 1.807) is 17.4 Å². The summed E-state index contributed by atoms with van der Waals surface area (Å²) in [6.45, 7) is 3.56. The van der Waals surface area contributed by atoms with Crippen LogP contribution in [0.1, 0.15) is 28.4 Å². The molecule has 7 heteroatoms. The van der Waals surface area contributed by atoms with Crippen LogP contribution in [0.5, 0.6) is 0 Å². The molecule has 3 aromatic rings. The fourth-order valence-electron chi connectivity index (χ4n) is 2.60. The third kappa shape index (κ3) is 2.84. The molecule has 0 unspecified atom stereocenters. The monoisotopic (exact) mass is 332 g/mol. The third-order valence-electron chi connectivity index (χ3n) is 3.77. The minimum atomic E-state index is -0.0868. The molecule has 0 bridgehead atoms. The molecule has 1 aliphatic rings. The van der Waals surface area contributed by atoms with Gasteiger partial charge in [-0.3, -0.25) is 9.69 Å². The third-order valence-corrected chi connectivity index (χ3v) is 5.45. The van der Waals surface area contributed by atoms with Crippen LogP contribution in [-0.2, 0) is 13.1 Å². The Bertz CT molecular complexity index is 848. The van der Waals surface area contributed by atoms with Gasteiger partial charge in [0.2, 0.25) is 4.96 Å². The van der Waals surface area contributed by atoms with Gasteiger partial charge in [0.05, 0.1) is 5.69 Å². The first-order valence-corrected chi connectivity index (χ1v) is 9.01. The molecule has 114 valence electrons. The van der Waals surface area contributed by atoms with Gasteiger partial charge in [0, 0.05) is 30.1 Å². The molecule has 1 aliphatic carbocycles. The topological polar surface area (TPSA) is 50.5 Å². The first-order chi connectivity index (χ1) is 10.7. The molecule has 0 N–H and O–H groups in total. The number of hydrogen-bond donors (Lipinski definition) is 0. The lowest BCUT2D eigenvalue weighted by atomic mass is 10.3. The lowest BCUT2D eigenvalue weighted by Gasteiger charge is -2.20. The number of aromatic nitrogens is 3. The van der Waals surface area contributed by atoms with Gasteiger partial charge in [0.15, 0.2) is 0 Å². The van der Waals surface area contributed by atoms with Crippen LogP contribution < -0.4 is 5.56 Å². The van der Waals surface area contributed by atoms with Crippen LogP contribution in [0.4, 0.5) is 0 Å². The molecule has 4 rings (SSSR count). The van der Waals surface area contributed by atoms with Crippen molar-refractivity contribution in [3.05, 3.63) is 49.5 Å². The van der Waals surface area contributed by atoms with E-state index in [-0.39, 0.29) is 5.56 Å². The Morgan fingerprint density at radius 1 is 1.41 bits per heavy atom. The van der Waals surface area contributed by atoms with E-state index >= 15 is 0 Å². The zero-order valence-corrected chi connectivity index (χ0v) is 13.9. The summed E-state index contributed by atoms with van der Waals surface area (Å²) in [6, 6.07) is 6.50. The van der Waals surface area contributed by atoms with E-state index in [4.69, 9.17) is 0 Å². The highest BCUT2D eigenvalue weighted by Gasteiger charge is 2.29. The van der Waals surface area contributed by atoms with Crippen molar-refractivity contribution in [2.24, 2.45) is 0 Å². The average Bonchev–Trinajstić information content (AvgIpc) is 3.07. The van der Waals surface area contributed by atoms with Crippen LogP contribution in [0, 0.1) is 6.92 Å². The van der Waals surface area contributed by atoms with Crippen LogP contribution in [0.25, 0.3) is 4.96 Å². The van der Waals surface area contributed by atoms with Gasteiger partial charge in [0.25, 0.3) is 5.56 Å². The van der Waals surface area contributed by atoms with Gasteiger partial charge >= 0.3 is 0 Å². The zero-order valence-electron chi connectivity index (χ0n) is 12.2. The van der Waals surface area contributed by atoms with E-state index in [0.717, 1.165) is 23.8 Å². The maximum absolute atomic E-state index is 12.1. The standard InChI is InChI=1S/C15H16N4OS2/c1-10-17-19-14(20)7-11(16-15(19)22-10)8-18(12-4-5-12)9-13-3-2-6-21-13/h2-3,6-7,12H,4-5,8-9H2,1H3. The summed E-state index contributed by atoms with van der Waals surface area (Å²) in [4.78, 5) is 21.2. The first kappa shape index (κ1) is 14.0. The van der Waals surface area contributed by atoms with Crippen LogP contribution in [0.2, 0.25) is 0 Å². The Morgan fingerprint density at radius 2 is 2.27 bits per heavy atom. The Labute approximate surface area is 135 Å². The molecule has 1 saturated carbocycles. The molecule has 22 heavy (non-hydrogen) atoms. The number of rotatable bonds is 5. The average molecular weight is 332 g/mol. The normalized spacial score (nSPS) is 15.0. The van der Waals surface area contributed by atoms with E-state index in [2.05, 4.69) is 32.5 Å². The van der Waals surface area contributed by atoms with E-state index in [9.17, 15) is 4.79 Å². The van der Waals surface area contributed by atoms with Gasteiger partial charge in [0.1, 0.15) is 5.01 Å². The van der Waals surface area contributed by atoms with Gasteiger partial charge in [-0.15, -0.1) is 11.3 Å². The maximum Gasteiger partial charge on any atom is 0.275 e. The van der Waals surface area contributed by atoms with Crippen molar-refractivity contribution in [2.75, 3.05) is 0 Å². The molecular weight excluding hydrogens is 316 g/mol. The van der Waals surface area contributed by atoms with Gasteiger partial charge in [-0.05, 0) is 31.2 Å². The van der Waals surface area contributed by atoms with E-state index < -0.39 is 0 Å². The van der Waals surface area contributed by atoms with Gasteiger partial charge in [-0.25, -0.2) is 4.98 Å².